The zero-order valence-corrected chi connectivity index (χ0v) is 22.1. The number of para-hydroxylation sites is 1. The summed E-state index contributed by atoms with van der Waals surface area (Å²) in [7, 11) is 0. The number of carbonyl (C=O) groups is 2. The van der Waals surface area contributed by atoms with Crippen molar-refractivity contribution in [3.05, 3.63) is 64.7 Å². The van der Waals surface area contributed by atoms with Crippen LogP contribution in [0.3, 0.4) is 0 Å². The number of aliphatic hydroxyl groups excluding tert-OH is 1. The van der Waals surface area contributed by atoms with Crippen LogP contribution in [0.25, 0.3) is 0 Å². The summed E-state index contributed by atoms with van der Waals surface area (Å²) >= 11 is 0. The lowest BCUT2D eigenvalue weighted by atomic mass is 9.86. The fourth-order valence-corrected chi connectivity index (χ4v) is 5.89. The van der Waals surface area contributed by atoms with Crippen LogP contribution in [-0.2, 0) is 4.79 Å². The number of carbonyl (C=O) groups excluding carboxylic acids is 2. The Morgan fingerprint density at radius 1 is 1.19 bits per heavy atom. The zero-order valence-electron chi connectivity index (χ0n) is 22.1. The zero-order chi connectivity index (χ0) is 26.7. The molecule has 3 aliphatic rings. The lowest BCUT2D eigenvalue weighted by molar-refractivity contribution is -0.132. The molecular weight excluding hydrogens is 468 g/mol. The van der Waals surface area contributed by atoms with Gasteiger partial charge in [0.2, 0.25) is 5.91 Å². The number of benzene rings is 2. The van der Waals surface area contributed by atoms with Gasteiger partial charge in [-0.2, -0.15) is 0 Å². The molecule has 1 fully saturated rings. The fraction of sp³-hybridized carbons (Fsp3) is 0.483. The average Bonchev–Trinajstić information content (AvgIpc) is 3.16. The highest BCUT2D eigenvalue weighted by atomic mass is 16.5. The molecule has 0 saturated carbocycles. The number of nitrogens with zero attached hydrogens (tertiary/aromatic N) is 1. The van der Waals surface area contributed by atoms with Gasteiger partial charge in [-0.3, -0.25) is 19.9 Å². The molecule has 1 saturated heterocycles. The van der Waals surface area contributed by atoms with Gasteiger partial charge in [0.1, 0.15) is 17.5 Å². The van der Waals surface area contributed by atoms with Crippen LogP contribution in [0.1, 0.15) is 98.9 Å². The molecular formula is C29H36N4O4. The molecule has 2 heterocycles. The molecule has 0 bridgehead atoms. The predicted molar refractivity (Wildman–Crippen MR) is 141 cm³/mol. The van der Waals surface area contributed by atoms with E-state index in [0.29, 0.717) is 24.2 Å². The Morgan fingerprint density at radius 2 is 1.92 bits per heavy atom. The summed E-state index contributed by atoms with van der Waals surface area (Å²) in [4.78, 5) is 28.3. The highest BCUT2D eigenvalue weighted by Gasteiger charge is 2.45. The van der Waals surface area contributed by atoms with E-state index < -0.39 is 23.3 Å². The Labute approximate surface area is 217 Å². The number of fused-ring (bicyclic) bond motifs is 2. The number of nitrogens with one attached hydrogen (secondary N) is 3. The topological polar surface area (TPSA) is 115 Å². The van der Waals surface area contributed by atoms with Gasteiger partial charge in [0, 0.05) is 16.7 Å². The summed E-state index contributed by atoms with van der Waals surface area (Å²) in [6.07, 6.45) is 0.816. The van der Waals surface area contributed by atoms with E-state index in [2.05, 4.69) is 17.6 Å². The summed E-state index contributed by atoms with van der Waals surface area (Å²) in [6, 6.07) is 12.1. The van der Waals surface area contributed by atoms with Crippen molar-refractivity contribution in [1.29, 1.82) is 5.41 Å². The van der Waals surface area contributed by atoms with E-state index in [0.717, 1.165) is 23.1 Å². The molecule has 37 heavy (non-hydrogen) atoms. The van der Waals surface area contributed by atoms with E-state index in [1.54, 1.807) is 24.8 Å². The molecule has 196 valence electrons. The smallest absolute Gasteiger partial charge is 0.251 e. The minimum Gasteiger partial charge on any atom is -0.485 e. The van der Waals surface area contributed by atoms with Crippen LogP contribution in [0.5, 0.6) is 5.75 Å². The van der Waals surface area contributed by atoms with E-state index in [-0.39, 0.29) is 29.7 Å². The van der Waals surface area contributed by atoms with E-state index in [4.69, 9.17) is 10.1 Å². The van der Waals surface area contributed by atoms with Crippen LogP contribution in [0.4, 0.5) is 0 Å². The molecule has 0 aromatic heterocycles. The van der Waals surface area contributed by atoms with Crippen LogP contribution in [0, 0.1) is 5.41 Å². The molecule has 2 aromatic rings. The minimum atomic E-state index is -0.945. The maximum Gasteiger partial charge on any atom is 0.251 e. The van der Waals surface area contributed by atoms with Crippen molar-refractivity contribution in [2.24, 2.45) is 0 Å². The third-order valence-corrected chi connectivity index (χ3v) is 8.32. The highest BCUT2D eigenvalue weighted by Crippen LogP contribution is 2.45. The molecule has 8 nitrogen and oxygen atoms in total. The quantitative estimate of drug-likeness (QED) is 0.499. The Kier molecular flexibility index (Phi) is 6.06. The minimum absolute atomic E-state index is 0.0721. The third-order valence-electron chi connectivity index (χ3n) is 8.32. The van der Waals surface area contributed by atoms with Crippen molar-refractivity contribution in [2.75, 3.05) is 0 Å². The van der Waals surface area contributed by atoms with Gasteiger partial charge in [-0.05, 0) is 68.9 Å². The monoisotopic (exact) mass is 504 g/mol. The second kappa shape index (κ2) is 8.87. The van der Waals surface area contributed by atoms with E-state index in [1.807, 2.05) is 50.2 Å². The molecule has 8 heteroatoms. The maximum absolute atomic E-state index is 13.5. The maximum atomic E-state index is 13.5. The molecule has 0 radical (unpaired) electrons. The van der Waals surface area contributed by atoms with Crippen LogP contribution >= 0.6 is 0 Å². The first-order chi connectivity index (χ1) is 17.4. The van der Waals surface area contributed by atoms with Crippen molar-refractivity contribution >= 4 is 17.8 Å². The number of hydrogen-bond donors (Lipinski definition) is 4. The highest BCUT2D eigenvalue weighted by molar-refractivity contribution is 6.00. The fourth-order valence-electron chi connectivity index (χ4n) is 5.89. The molecule has 2 amide bonds. The Bertz CT molecular complexity index is 1250. The van der Waals surface area contributed by atoms with Gasteiger partial charge in [0.25, 0.3) is 5.91 Å². The SMILES string of the molecule is CC[C@]1(C)CC(=O)N([C@@H]2C[C@@H](C)c3ccc(C(=O)N[C@@H]4c5ccccc5OC(C)(C)[C@H]4O)cc32)C(=N)N1. The van der Waals surface area contributed by atoms with E-state index in [9.17, 15) is 14.7 Å². The van der Waals surface area contributed by atoms with Gasteiger partial charge in [-0.15, -0.1) is 0 Å². The lowest BCUT2D eigenvalue weighted by Crippen LogP contribution is -2.61. The van der Waals surface area contributed by atoms with E-state index >= 15 is 0 Å². The Morgan fingerprint density at radius 3 is 2.62 bits per heavy atom. The third kappa shape index (κ3) is 4.27. The number of rotatable bonds is 4. The number of hydrogen-bond acceptors (Lipinski definition) is 5. The predicted octanol–water partition coefficient (Wildman–Crippen LogP) is 4.16. The Balaban J connectivity index is 1.44. The summed E-state index contributed by atoms with van der Waals surface area (Å²) in [5, 5.41) is 25.9. The summed E-state index contributed by atoms with van der Waals surface area (Å²) in [6.45, 7) is 9.69. The van der Waals surface area contributed by atoms with Crippen LogP contribution in [0.15, 0.2) is 42.5 Å². The molecule has 5 atom stereocenters. The van der Waals surface area contributed by atoms with Crippen molar-refractivity contribution in [3.63, 3.8) is 0 Å². The number of aliphatic hydroxyl groups is 1. The first-order valence-electron chi connectivity index (χ1n) is 13.0. The number of guanidine groups is 1. The Hall–Kier alpha value is -3.39. The summed E-state index contributed by atoms with van der Waals surface area (Å²) < 4.78 is 5.98. The van der Waals surface area contributed by atoms with Crippen LogP contribution < -0.4 is 15.4 Å². The van der Waals surface area contributed by atoms with Gasteiger partial charge < -0.3 is 20.5 Å². The van der Waals surface area contributed by atoms with Crippen LogP contribution in [-0.4, -0.2) is 45.0 Å². The average molecular weight is 505 g/mol. The first kappa shape index (κ1) is 25.3. The van der Waals surface area contributed by atoms with Gasteiger partial charge in [0.05, 0.1) is 18.5 Å². The molecule has 2 aromatic carbocycles. The van der Waals surface area contributed by atoms with Crippen molar-refractivity contribution in [1.82, 2.24) is 15.5 Å². The van der Waals surface area contributed by atoms with Gasteiger partial charge in [-0.1, -0.05) is 38.1 Å². The van der Waals surface area contributed by atoms with Gasteiger partial charge in [-0.25, -0.2) is 0 Å². The molecule has 4 N–H and O–H groups in total. The summed E-state index contributed by atoms with van der Waals surface area (Å²) in [5.74, 6) is 0.568. The first-order valence-corrected chi connectivity index (χ1v) is 13.0. The van der Waals surface area contributed by atoms with Gasteiger partial charge in [0.15, 0.2) is 5.96 Å². The van der Waals surface area contributed by atoms with Gasteiger partial charge >= 0.3 is 0 Å². The summed E-state index contributed by atoms with van der Waals surface area (Å²) in [5.41, 5.74) is 1.87. The lowest BCUT2D eigenvalue weighted by Gasteiger charge is -2.43. The molecule has 0 spiro atoms. The number of ether oxygens (including phenoxy) is 1. The number of amides is 2. The van der Waals surface area contributed by atoms with E-state index in [1.165, 1.54) is 0 Å². The molecule has 1 aliphatic carbocycles. The van der Waals surface area contributed by atoms with Crippen molar-refractivity contribution < 1.29 is 19.4 Å². The van der Waals surface area contributed by atoms with Crippen molar-refractivity contribution in [2.45, 2.75) is 89.1 Å². The van der Waals surface area contributed by atoms with Crippen LogP contribution in [0.2, 0.25) is 0 Å². The molecule has 5 rings (SSSR count). The normalized spacial score (nSPS) is 30.2. The molecule has 2 aliphatic heterocycles. The standard InChI is InChI=1S/C29H36N4O4/c1-6-29(5)15-23(34)33(27(30)32-29)21-13-16(2)18-12-11-17(14-20(18)21)26(36)31-24-19-9-7-8-10-22(19)37-28(3,4)25(24)35/h7-12,14,16,21,24-25,35H,6,13,15H2,1-5H3,(H2,30,32)(H,31,36)/t16-,21-,24-,25+,29-/m1/s1. The largest absolute Gasteiger partial charge is 0.485 e. The van der Waals surface area contributed by atoms with Crippen molar-refractivity contribution in [3.8, 4) is 5.75 Å². The second-order valence-corrected chi connectivity index (χ2v) is 11.5. The second-order valence-electron chi connectivity index (χ2n) is 11.5. The molecule has 0 unspecified atom stereocenters.